The second-order valence-corrected chi connectivity index (χ2v) is 5.67. The first-order chi connectivity index (χ1) is 9.15. The summed E-state index contributed by atoms with van der Waals surface area (Å²) in [6.07, 6.45) is 6.98. The van der Waals surface area contributed by atoms with Crippen molar-refractivity contribution in [2.45, 2.75) is 51.5 Å². The van der Waals surface area contributed by atoms with Crippen LogP contribution in [-0.4, -0.2) is 5.91 Å². The van der Waals surface area contributed by atoms with E-state index in [4.69, 9.17) is 5.73 Å². The Morgan fingerprint density at radius 2 is 2.11 bits per heavy atom. The number of amides is 1. The van der Waals surface area contributed by atoms with Gasteiger partial charge in [0.2, 0.25) is 5.91 Å². The second kappa shape index (κ2) is 6.60. The Bertz CT molecular complexity index is 425. The van der Waals surface area contributed by atoms with Crippen LogP contribution in [0.5, 0.6) is 0 Å². The normalized spacial score (nSPS) is 17.9. The monoisotopic (exact) mass is 260 g/mol. The molecule has 0 heterocycles. The third-order valence-electron chi connectivity index (χ3n) is 3.99. The van der Waals surface area contributed by atoms with E-state index in [1.54, 1.807) is 0 Å². The summed E-state index contributed by atoms with van der Waals surface area (Å²) in [7, 11) is 0. The summed E-state index contributed by atoms with van der Waals surface area (Å²) >= 11 is 0. The lowest BCUT2D eigenvalue weighted by Crippen LogP contribution is -2.28. The van der Waals surface area contributed by atoms with Crippen molar-refractivity contribution in [2.24, 2.45) is 5.92 Å². The van der Waals surface area contributed by atoms with Crippen LogP contribution < -0.4 is 11.1 Å². The van der Waals surface area contributed by atoms with Crippen molar-refractivity contribution in [1.82, 2.24) is 5.32 Å². The number of nitrogens with one attached hydrogen (secondary N) is 1. The summed E-state index contributed by atoms with van der Waals surface area (Å²) in [6, 6.07) is 7.74. The van der Waals surface area contributed by atoms with Crippen molar-refractivity contribution >= 4 is 11.6 Å². The van der Waals surface area contributed by atoms with Gasteiger partial charge in [-0.3, -0.25) is 4.79 Å². The molecule has 1 fully saturated rings. The van der Waals surface area contributed by atoms with Crippen molar-refractivity contribution in [1.29, 1.82) is 0 Å². The fourth-order valence-electron chi connectivity index (χ4n) is 2.87. The van der Waals surface area contributed by atoms with Crippen molar-refractivity contribution < 1.29 is 4.79 Å². The van der Waals surface area contributed by atoms with Crippen LogP contribution in [0, 0.1) is 5.92 Å². The first-order valence-corrected chi connectivity index (χ1v) is 7.30. The van der Waals surface area contributed by atoms with Gasteiger partial charge in [0, 0.05) is 12.1 Å². The van der Waals surface area contributed by atoms with Gasteiger partial charge in [0.1, 0.15) is 0 Å². The maximum atomic E-state index is 12.0. The van der Waals surface area contributed by atoms with Gasteiger partial charge in [-0.2, -0.15) is 0 Å². The number of benzene rings is 1. The average Bonchev–Trinajstić information content (AvgIpc) is 2.39. The maximum absolute atomic E-state index is 12.0. The second-order valence-electron chi connectivity index (χ2n) is 5.67. The standard InChI is InChI=1S/C16H24N2O/c1-12(14-8-5-9-15(17)11-14)18-16(19)10-13-6-3-2-4-7-13/h5,8-9,11-13H,2-4,6-7,10,17H2,1H3,(H,18,19). The lowest BCUT2D eigenvalue weighted by Gasteiger charge is -2.22. The van der Waals surface area contributed by atoms with Crippen LogP contribution in [0.25, 0.3) is 0 Å². The molecule has 2 rings (SSSR count). The number of hydrogen-bond acceptors (Lipinski definition) is 2. The van der Waals surface area contributed by atoms with E-state index in [2.05, 4.69) is 5.32 Å². The highest BCUT2D eigenvalue weighted by atomic mass is 16.1. The molecule has 1 saturated carbocycles. The van der Waals surface area contributed by atoms with E-state index in [1.807, 2.05) is 31.2 Å². The molecule has 19 heavy (non-hydrogen) atoms. The number of carbonyl (C=O) groups is 1. The van der Waals surface area contributed by atoms with Crippen LogP contribution in [0.15, 0.2) is 24.3 Å². The van der Waals surface area contributed by atoms with Gasteiger partial charge in [-0.1, -0.05) is 31.4 Å². The predicted octanol–water partition coefficient (Wildman–Crippen LogP) is 3.42. The summed E-state index contributed by atoms with van der Waals surface area (Å²) in [5.41, 5.74) is 7.57. The number of carbonyl (C=O) groups excluding carboxylic acids is 1. The van der Waals surface area contributed by atoms with E-state index in [1.165, 1.54) is 32.1 Å². The quantitative estimate of drug-likeness (QED) is 0.815. The Hall–Kier alpha value is -1.51. The Balaban J connectivity index is 1.84. The molecule has 0 spiro atoms. The molecule has 0 aliphatic heterocycles. The fourth-order valence-corrected chi connectivity index (χ4v) is 2.87. The van der Waals surface area contributed by atoms with Gasteiger partial charge in [-0.15, -0.1) is 0 Å². The molecule has 3 heteroatoms. The van der Waals surface area contributed by atoms with Crippen molar-refractivity contribution in [3.05, 3.63) is 29.8 Å². The van der Waals surface area contributed by atoms with Crippen molar-refractivity contribution in [3.8, 4) is 0 Å². The predicted molar refractivity (Wildman–Crippen MR) is 78.6 cm³/mol. The highest BCUT2D eigenvalue weighted by Crippen LogP contribution is 2.26. The summed E-state index contributed by atoms with van der Waals surface area (Å²) in [6.45, 7) is 2.01. The van der Waals surface area contributed by atoms with Crippen LogP contribution in [0.3, 0.4) is 0 Å². The highest BCUT2D eigenvalue weighted by molar-refractivity contribution is 5.76. The van der Waals surface area contributed by atoms with Crippen LogP contribution in [0.4, 0.5) is 5.69 Å². The number of anilines is 1. The largest absolute Gasteiger partial charge is 0.399 e. The SMILES string of the molecule is CC(NC(=O)CC1CCCCC1)c1cccc(N)c1. The van der Waals surface area contributed by atoms with Gasteiger partial charge in [0.05, 0.1) is 6.04 Å². The molecule has 3 N–H and O–H groups in total. The molecule has 1 atom stereocenters. The van der Waals surface area contributed by atoms with E-state index in [0.717, 1.165) is 11.3 Å². The molecule has 3 nitrogen and oxygen atoms in total. The van der Waals surface area contributed by atoms with Crippen LogP contribution in [-0.2, 0) is 4.79 Å². The Morgan fingerprint density at radius 1 is 1.37 bits per heavy atom. The molecule has 0 bridgehead atoms. The molecule has 0 saturated heterocycles. The van der Waals surface area contributed by atoms with E-state index in [-0.39, 0.29) is 11.9 Å². The number of rotatable bonds is 4. The van der Waals surface area contributed by atoms with Gasteiger partial charge in [-0.25, -0.2) is 0 Å². The molecule has 0 radical (unpaired) electrons. The van der Waals surface area contributed by atoms with Crippen molar-refractivity contribution in [2.75, 3.05) is 5.73 Å². The fraction of sp³-hybridized carbons (Fsp3) is 0.562. The summed E-state index contributed by atoms with van der Waals surface area (Å²) in [4.78, 5) is 12.0. The topological polar surface area (TPSA) is 55.1 Å². The molecule has 1 aliphatic carbocycles. The average molecular weight is 260 g/mol. The molecule has 1 aromatic rings. The van der Waals surface area contributed by atoms with Crippen LogP contribution >= 0.6 is 0 Å². The van der Waals surface area contributed by atoms with Crippen LogP contribution in [0.1, 0.15) is 57.1 Å². The maximum Gasteiger partial charge on any atom is 0.220 e. The van der Waals surface area contributed by atoms with E-state index < -0.39 is 0 Å². The minimum absolute atomic E-state index is 0.0274. The highest BCUT2D eigenvalue weighted by Gasteiger charge is 2.18. The Kier molecular flexibility index (Phi) is 4.83. The number of hydrogen-bond donors (Lipinski definition) is 2. The van der Waals surface area contributed by atoms with Gasteiger partial charge in [0.25, 0.3) is 0 Å². The zero-order valence-corrected chi connectivity index (χ0v) is 11.7. The van der Waals surface area contributed by atoms with Gasteiger partial charge in [-0.05, 0) is 43.4 Å². The molecule has 1 aliphatic rings. The van der Waals surface area contributed by atoms with Gasteiger partial charge >= 0.3 is 0 Å². The summed E-state index contributed by atoms with van der Waals surface area (Å²) < 4.78 is 0. The third kappa shape index (κ3) is 4.27. The smallest absolute Gasteiger partial charge is 0.220 e. The minimum atomic E-state index is 0.0274. The minimum Gasteiger partial charge on any atom is -0.399 e. The third-order valence-corrected chi connectivity index (χ3v) is 3.99. The van der Waals surface area contributed by atoms with Crippen molar-refractivity contribution in [3.63, 3.8) is 0 Å². The molecule has 1 unspecified atom stereocenters. The molecular formula is C16H24N2O. The van der Waals surface area contributed by atoms with Crippen LogP contribution in [0.2, 0.25) is 0 Å². The first kappa shape index (κ1) is 13.9. The zero-order chi connectivity index (χ0) is 13.7. The lowest BCUT2D eigenvalue weighted by molar-refractivity contribution is -0.122. The van der Waals surface area contributed by atoms with Gasteiger partial charge < -0.3 is 11.1 Å². The van der Waals surface area contributed by atoms with E-state index in [0.29, 0.717) is 12.3 Å². The Morgan fingerprint density at radius 3 is 2.79 bits per heavy atom. The summed E-state index contributed by atoms with van der Waals surface area (Å²) in [5.74, 6) is 0.753. The zero-order valence-electron chi connectivity index (χ0n) is 11.7. The molecule has 0 aromatic heterocycles. The Labute approximate surface area is 115 Å². The first-order valence-electron chi connectivity index (χ1n) is 7.30. The number of nitrogen functional groups attached to an aromatic ring is 1. The van der Waals surface area contributed by atoms with E-state index >= 15 is 0 Å². The molecule has 1 amide bonds. The molecular weight excluding hydrogens is 236 g/mol. The lowest BCUT2D eigenvalue weighted by atomic mass is 9.87. The number of nitrogens with two attached hydrogens (primary N) is 1. The molecule has 104 valence electrons. The molecule has 1 aromatic carbocycles. The summed E-state index contributed by atoms with van der Waals surface area (Å²) in [5, 5.41) is 3.08. The van der Waals surface area contributed by atoms with Gasteiger partial charge in [0.15, 0.2) is 0 Å². The van der Waals surface area contributed by atoms with E-state index in [9.17, 15) is 4.79 Å².